The number of hydrogen-bond acceptors (Lipinski definition) is 2. The minimum atomic E-state index is -0.492. The molecular weight excluding hydrogens is 250 g/mol. The van der Waals surface area contributed by atoms with E-state index in [-0.39, 0.29) is 5.91 Å². The summed E-state index contributed by atoms with van der Waals surface area (Å²) in [4.78, 5) is 12.3. The van der Waals surface area contributed by atoms with Crippen LogP contribution >= 0.6 is 0 Å². The van der Waals surface area contributed by atoms with Crippen LogP contribution in [-0.4, -0.2) is 19.1 Å². The van der Waals surface area contributed by atoms with Crippen LogP contribution in [0.3, 0.4) is 0 Å². The first kappa shape index (κ1) is 16.7. The largest absolute Gasteiger partial charge is 0.364 e. The van der Waals surface area contributed by atoms with Gasteiger partial charge in [0.25, 0.3) is 5.91 Å². The van der Waals surface area contributed by atoms with Gasteiger partial charge in [0.2, 0.25) is 0 Å². The maximum atomic E-state index is 12.3. The van der Waals surface area contributed by atoms with Gasteiger partial charge < -0.3 is 10.1 Å². The van der Waals surface area contributed by atoms with E-state index in [0.29, 0.717) is 13.2 Å². The van der Waals surface area contributed by atoms with Gasteiger partial charge in [0.1, 0.15) is 0 Å². The average molecular weight is 277 g/mol. The molecule has 1 unspecified atom stereocenters. The first-order valence-corrected chi connectivity index (χ1v) is 7.56. The molecule has 20 heavy (non-hydrogen) atoms. The highest BCUT2D eigenvalue weighted by Crippen LogP contribution is 2.23. The molecule has 3 nitrogen and oxygen atoms in total. The Balaban J connectivity index is 2.87. The number of rotatable bonds is 8. The molecule has 0 heterocycles. The van der Waals surface area contributed by atoms with Gasteiger partial charge in [0.15, 0.2) is 6.10 Å². The zero-order valence-electron chi connectivity index (χ0n) is 13.2. The van der Waals surface area contributed by atoms with E-state index in [2.05, 4.69) is 25.2 Å². The summed E-state index contributed by atoms with van der Waals surface area (Å²) >= 11 is 0. The number of carbonyl (C=O) groups is 1. The number of hydrogen-bond donors (Lipinski definition) is 1. The van der Waals surface area contributed by atoms with Crippen LogP contribution in [0, 0.1) is 13.8 Å². The van der Waals surface area contributed by atoms with Crippen molar-refractivity contribution in [3.05, 3.63) is 34.9 Å². The van der Waals surface area contributed by atoms with E-state index >= 15 is 0 Å². The lowest BCUT2D eigenvalue weighted by molar-refractivity contribution is -0.133. The fourth-order valence-corrected chi connectivity index (χ4v) is 2.11. The predicted molar refractivity (Wildman–Crippen MR) is 82.8 cm³/mol. The highest BCUT2D eigenvalue weighted by atomic mass is 16.5. The van der Waals surface area contributed by atoms with Gasteiger partial charge in [-0.25, -0.2) is 0 Å². The molecule has 1 aromatic rings. The van der Waals surface area contributed by atoms with Gasteiger partial charge in [0, 0.05) is 13.2 Å². The van der Waals surface area contributed by atoms with Gasteiger partial charge in [-0.3, -0.25) is 4.79 Å². The molecule has 0 fully saturated rings. The minimum Gasteiger partial charge on any atom is -0.364 e. The van der Waals surface area contributed by atoms with Crippen molar-refractivity contribution in [3.8, 4) is 0 Å². The summed E-state index contributed by atoms with van der Waals surface area (Å²) in [7, 11) is 0. The van der Waals surface area contributed by atoms with Crippen molar-refractivity contribution in [2.45, 2.75) is 53.1 Å². The average Bonchev–Trinajstić information content (AvgIpc) is 2.42. The molecule has 1 amide bonds. The normalized spacial score (nSPS) is 12.2. The van der Waals surface area contributed by atoms with E-state index in [9.17, 15) is 4.79 Å². The van der Waals surface area contributed by atoms with Crippen molar-refractivity contribution < 1.29 is 9.53 Å². The van der Waals surface area contributed by atoms with Crippen molar-refractivity contribution >= 4 is 5.91 Å². The highest BCUT2D eigenvalue weighted by molar-refractivity contribution is 5.82. The Morgan fingerprint density at radius 1 is 1.25 bits per heavy atom. The Morgan fingerprint density at radius 3 is 2.60 bits per heavy atom. The third-order valence-electron chi connectivity index (χ3n) is 3.28. The Morgan fingerprint density at radius 2 is 2.00 bits per heavy atom. The number of aryl methyl sites for hydroxylation is 2. The Bertz CT molecular complexity index is 429. The summed E-state index contributed by atoms with van der Waals surface area (Å²) in [5.41, 5.74) is 3.28. The highest BCUT2D eigenvalue weighted by Gasteiger charge is 2.22. The minimum absolute atomic E-state index is 0.0325. The van der Waals surface area contributed by atoms with Crippen molar-refractivity contribution in [1.29, 1.82) is 0 Å². The van der Waals surface area contributed by atoms with Crippen LogP contribution < -0.4 is 5.32 Å². The molecule has 1 aromatic carbocycles. The summed E-state index contributed by atoms with van der Waals surface area (Å²) < 4.78 is 5.84. The fourth-order valence-electron chi connectivity index (χ4n) is 2.11. The molecule has 0 aromatic heterocycles. The molecule has 112 valence electrons. The maximum Gasteiger partial charge on any atom is 0.253 e. The Labute approximate surface area is 122 Å². The van der Waals surface area contributed by atoms with Crippen LogP contribution in [0.2, 0.25) is 0 Å². The number of carbonyl (C=O) groups excluding carboxylic acids is 1. The summed E-state index contributed by atoms with van der Waals surface area (Å²) in [6.07, 6.45) is 2.48. The number of nitrogens with one attached hydrogen (secondary N) is 1. The van der Waals surface area contributed by atoms with Crippen LogP contribution in [0.5, 0.6) is 0 Å². The van der Waals surface area contributed by atoms with E-state index in [0.717, 1.165) is 30.4 Å². The molecule has 0 radical (unpaired) electrons. The van der Waals surface area contributed by atoms with Gasteiger partial charge >= 0.3 is 0 Å². The number of ether oxygens (including phenoxy) is 1. The molecular formula is C17H27NO2. The van der Waals surface area contributed by atoms with Gasteiger partial charge in [-0.2, -0.15) is 0 Å². The summed E-state index contributed by atoms with van der Waals surface area (Å²) in [6.45, 7) is 9.56. The van der Waals surface area contributed by atoms with Crippen LogP contribution in [-0.2, 0) is 9.53 Å². The monoisotopic (exact) mass is 277 g/mol. The lowest BCUT2D eigenvalue weighted by Crippen LogP contribution is -2.32. The zero-order chi connectivity index (χ0) is 15.0. The smallest absolute Gasteiger partial charge is 0.253 e. The van der Waals surface area contributed by atoms with Crippen LogP contribution in [0.25, 0.3) is 0 Å². The molecule has 3 heteroatoms. The first-order valence-electron chi connectivity index (χ1n) is 7.56. The van der Waals surface area contributed by atoms with Crippen LogP contribution in [0.15, 0.2) is 18.2 Å². The number of benzene rings is 1. The molecule has 0 spiro atoms. The van der Waals surface area contributed by atoms with E-state index in [4.69, 9.17) is 4.74 Å². The third-order valence-corrected chi connectivity index (χ3v) is 3.28. The molecule has 0 saturated carbocycles. The molecule has 0 aliphatic rings. The van der Waals surface area contributed by atoms with Crippen molar-refractivity contribution in [1.82, 2.24) is 5.32 Å². The van der Waals surface area contributed by atoms with Gasteiger partial charge in [0.05, 0.1) is 0 Å². The number of amides is 1. The Hall–Kier alpha value is -1.35. The van der Waals surface area contributed by atoms with Crippen molar-refractivity contribution in [2.24, 2.45) is 0 Å². The fraction of sp³-hybridized carbons (Fsp3) is 0.588. The standard InChI is InChI=1S/C17H27NO2/c1-5-7-11-20-16(17(19)18-10-6-2)15-9-8-13(3)12-14(15)4/h8-9,12,16H,5-7,10-11H2,1-4H3,(H,18,19). The summed E-state index contributed by atoms with van der Waals surface area (Å²) in [5, 5.41) is 2.94. The molecule has 1 atom stereocenters. The van der Waals surface area contributed by atoms with Crippen LogP contribution in [0.1, 0.15) is 55.9 Å². The molecule has 1 rings (SSSR count). The molecule has 0 aliphatic carbocycles. The van der Waals surface area contributed by atoms with Crippen molar-refractivity contribution in [3.63, 3.8) is 0 Å². The van der Waals surface area contributed by atoms with Gasteiger partial charge in [-0.05, 0) is 37.8 Å². The van der Waals surface area contributed by atoms with E-state index in [1.165, 1.54) is 5.56 Å². The molecule has 0 aliphatic heterocycles. The van der Waals surface area contributed by atoms with E-state index in [1.807, 2.05) is 26.0 Å². The second-order valence-electron chi connectivity index (χ2n) is 5.26. The lowest BCUT2D eigenvalue weighted by atomic mass is 10.0. The first-order chi connectivity index (χ1) is 9.60. The molecule has 0 bridgehead atoms. The summed E-state index contributed by atoms with van der Waals surface area (Å²) in [6, 6.07) is 6.14. The second-order valence-corrected chi connectivity index (χ2v) is 5.26. The van der Waals surface area contributed by atoms with E-state index in [1.54, 1.807) is 0 Å². The van der Waals surface area contributed by atoms with Crippen molar-refractivity contribution in [2.75, 3.05) is 13.2 Å². The van der Waals surface area contributed by atoms with Crippen LogP contribution in [0.4, 0.5) is 0 Å². The van der Waals surface area contributed by atoms with Gasteiger partial charge in [-0.15, -0.1) is 0 Å². The quantitative estimate of drug-likeness (QED) is 0.736. The topological polar surface area (TPSA) is 38.3 Å². The zero-order valence-corrected chi connectivity index (χ0v) is 13.2. The van der Waals surface area contributed by atoms with Gasteiger partial charge in [-0.1, -0.05) is 44.0 Å². The second kappa shape index (κ2) is 8.75. The lowest BCUT2D eigenvalue weighted by Gasteiger charge is -2.20. The van der Waals surface area contributed by atoms with E-state index < -0.39 is 6.10 Å². The molecule has 1 N–H and O–H groups in total. The predicted octanol–water partition coefficient (Wildman–Crippen LogP) is 3.69. The SMILES string of the molecule is CCCCOC(C(=O)NCCC)c1ccc(C)cc1C. The maximum absolute atomic E-state index is 12.3. The summed E-state index contributed by atoms with van der Waals surface area (Å²) in [5.74, 6) is -0.0325. The Kier molecular flexibility index (Phi) is 7.31. The third kappa shape index (κ3) is 4.97. The number of unbranched alkanes of at least 4 members (excludes halogenated alkanes) is 1. The molecule has 0 saturated heterocycles.